The van der Waals surface area contributed by atoms with Crippen molar-refractivity contribution in [2.24, 2.45) is 0 Å². The van der Waals surface area contributed by atoms with Crippen molar-refractivity contribution in [3.8, 4) is 5.75 Å². The van der Waals surface area contributed by atoms with Gasteiger partial charge in [0.05, 0.1) is 6.20 Å². The van der Waals surface area contributed by atoms with Crippen LogP contribution in [0.15, 0.2) is 29.2 Å². The summed E-state index contributed by atoms with van der Waals surface area (Å²) in [4.78, 5) is 27.7. The largest absolute Gasteiger partial charge is 0.412 e. The van der Waals surface area contributed by atoms with Gasteiger partial charge in [0.25, 0.3) is 0 Å². The van der Waals surface area contributed by atoms with E-state index in [0.717, 1.165) is 12.1 Å². The van der Waals surface area contributed by atoms with E-state index in [-0.39, 0.29) is 18.2 Å². The van der Waals surface area contributed by atoms with Gasteiger partial charge in [-0.1, -0.05) is 13.0 Å². The summed E-state index contributed by atoms with van der Waals surface area (Å²) >= 11 is 0. The predicted octanol–water partition coefficient (Wildman–Crippen LogP) is 1.92. The molecule has 2 aromatic heterocycles. The summed E-state index contributed by atoms with van der Waals surface area (Å²) in [6.07, 6.45) is 1.42. The minimum absolute atomic E-state index is 0. The zero-order valence-electron chi connectivity index (χ0n) is 11.3. The number of nitrogens with zero attached hydrogens (tertiary/aromatic N) is 2. The molecule has 0 aliphatic carbocycles. The van der Waals surface area contributed by atoms with Crippen LogP contribution in [0.1, 0.15) is 19.0 Å². The fourth-order valence-electron chi connectivity index (χ4n) is 1.69. The van der Waals surface area contributed by atoms with Gasteiger partial charge >= 0.3 is 11.7 Å². The number of ether oxygens (including phenoxy) is 1. The van der Waals surface area contributed by atoms with E-state index >= 15 is 0 Å². The summed E-state index contributed by atoms with van der Waals surface area (Å²) in [5.41, 5.74) is 0.857. The average molecular weight is 298 g/mol. The Bertz CT molecular complexity index is 669. The zero-order chi connectivity index (χ0) is 13.8. The smallest absolute Gasteiger partial charge is 0.403 e. The van der Waals surface area contributed by atoms with E-state index in [1.54, 1.807) is 19.1 Å². The normalized spacial score (nSPS) is 9.90. The molecule has 2 rings (SSSR count). The molecule has 0 saturated heterocycles. The summed E-state index contributed by atoms with van der Waals surface area (Å²) in [5.74, 6) is -0.0830. The maximum atomic E-state index is 12.2. The van der Waals surface area contributed by atoms with Gasteiger partial charge in [0, 0.05) is 12.2 Å². The molecule has 108 valence electrons. The van der Waals surface area contributed by atoms with Crippen molar-refractivity contribution < 1.29 is 9.53 Å². The molecule has 0 spiro atoms. The van der Waals surface area contributed by atoms with Crippen LogP contribution in [0.5, 0.6) is 5.75 Å². The van der Waals surface area contributed by atoms with Crippen molar-refractivity contribution in [2.75, 3.05) is 6.54 Å². The Kier molecular flexibility index (Phi) is 5.52. The highest BCUT2D eigenvalue weighted by atomic mass is 35.5. The van der Waals surface area contributed by atoms with Gasteiger partial charge in [0.1, 0.15) is 5.65 Å². The minimum Gasteiger partial charge on any atom is -0.403 e. The second kappa shape index (κ2) is 6.91. The number of aromatic nitrogens is 2. The lowest BCUT2D eigenvalue weighted by Crippen LogP contribution is -2.30. The number of pyridine rings is 1. The number of carbonyl (C=O) groups excluding carboxylic acids is 1. The van der Waals surface area contributed by atoms with Crippen LogP contribution in [0.25, 0.3) is 5.65 Å². The molecule has 20 heavy (non-hydrogen) atoms. The highest BCUT2D eigenvalue weighted by Crippen LogP contribution is 2.06. The van der Waals surface area contributed by atoms with Crippen LogP contribution in [0.4, 0.5) is 4.79 Å². The first kappa shape index (κ1) is 16.0. The standard InChI is InChI=1S/C13H15N3O3.ClH/c1-3-7-14-13(18)19-10-8-15-11-6-4-5-9(2)16(11)12(10)17;/h4-6,8H,3,7H2,1-2H3,(H,14,18);1H. The van der Waals surface area contributed by atoms with E-state index in [1.807, 2.05) is 13.0 Å². The number of rotatable bonds is 3. The molecule has 0 bridgehead atoms. The van der Waals surface area contributed by atoms with Crippen LogP contribution in [0, 0.1) is 6.92 Å². The van der Waals surface area contributed by atoms with Gasteiger partial charge in [-0.2, -0.15) is 0 Å². The van der Waals surface area contributed by atoms with Crippen LogP contribution < -0.4 is 15.6 Å². The van der Waals surface area contributed by atoms with E-state index in [1.165, 1.54) is 10.6 Å². The molecule has 0 aliphatic rings. The van der Waals surface area contributed by atoms with Crippen molar-refractivity contribution in [2.45, 2.75) is 20.3 Å². The molecule has 0 aromatic carbocycles. The predicted molar refractivity (Wildman–Crippen MR) is 77.8 cm³/mol. The Morgan fingerprint density at radius 2 is 2.20 bits per heavy atom. The van der Waals surface area contributed by atoms with Crippen LogP contribution in [-0.2, 0) is 0 Å². The quantitative estimate of drug-likeness (QED) is 0.939. The molecule has 0 fully saturated rings. The molecule has 7 heteroatoms. The summed E-state index contributed by atoms with van der Waals surface area (Å²) in [5, 5.41) is 2.53. The van der Waals surface area contributed by atoms with E-state index in [0.29, 0.717) is 12.2 Å². The maximum Gasteiger partial charge on any atom is 0.412 e. The Morgan fingerprint density at radius 1 is 1.45 bits per heavy atom. The lowest BCUT2D eigenvalue weighted by Gasteiger charge is -2.07. The summed E-state index contributed by atoms with van der Waals surface area (Å²) < 4.78 is 6.37. The number of fused-ring (bicyclic) bond motifs is 1. The van der Waals surface area contributed by atoms with E-state index in [9.17, 15) is 9.59 Å². The monoisotopic (exact) mass is 297 g/mol. The lowest BCUT2D eigenvalue weighted by atomic mass is 10.3. The number of nitrogens with one attached hydrogen (secondary N) is 1. The van der Waals surface area contributed by atoms with Crippen LogP contribution in [0.2, 0.25) is 0 Å². The maximum absolute atomic E-state index is 12.2. The third kappa shape index (κ3) is 3.27. The van der Waals surface area contributed by atoms with E-state index in [2.05, 4.69) is 10.3 Å². The van der Waals surface area contributed by atoms with Crippen molar-refractivity contribution in [1.29, 1.82) is 0 Å². The van der Waals surface area contributed by atoms with E-state index < -0.39 is 11.7 Å². The minimum atomic E-state index is -0.644. The first-order valence-electron chi connectivity index (χ1n) is 6.06. The molecule has 1 amide bonds. The van der Waals surface area contributed by atoms with Gasteiger partial charge in [0.2, 0.25) is 5.75 Å². The van der Waals surface area contributed by atoms with Gasteiger partial charge in [-0.05, 0) is 25.5 Å². The molecule has 1 N–H and O–H groups in total. The van der Waals surface area contributed by atoms with Gasteiger partial charge in [-0.15, -0.1) is 12.4 Å². The average Bonchev–Trinajstić information content (AvgIpc) is 2.40. The lowest BCUT2D eigenvalue weighted by molar-refractivity contribution is 0.199. The first-order chi connectivity index (χ1) is 9.13. The Hall–Kier alpha value is -2.08. The molecule has 2 aromatic rings. The second-order valence-corrected chi connectivity index (χ2v) is 4.10. The summed E-state index contributed by atoms with van der Waals surface area (Å²) in [6.45, 7) is 4.22. The number of hydrogen-bond donors (Lipinski definition) is 1. The number of amides is 1. The molecule has 0 saturated carbocycles. The number of halogens is 1. The molecule has 6 nitrogen and oxygen atoms in total. The van der Waals surface area contributed by atoms with Gasteiger partial charge in [-0.3, -0.25) is 9.20 Å². The molecule has 0 atom stereocenters. The Morgan fingerprint density at radius 3 is 2.90 bits per heavy atom. The topological polar surface area (TPSA) is 72.7 Å². The summed E-state index contributed by atoms with van der Waals surface area (Å²) in [6, 6.07) is 5.32. The van der Waals surface area contributed by atoms with Crippen LogP contribution in [-0.4, -0.2) is 22.0 Å². The Balaban J connectivity index is 0.00000200. The fraction of sp³-hybridized carbons (Fsp3) is 0.308. The fourth-order valence-corrected chi connectivity index (χ4v) is 1.69. The molecule has 2 heterocycles. The number of hydrogen-bond acceptors (Lipinski definition) is 4. The number of aryl methyl sites for hydroxylation is 1. The third-order valence-corrected chi connectivity index (χ3v) is 2.61. The first-order valence-corrected chi connectivity index (χ1v) is 6.06. The van der Waals surface area contributed by atoms with Crippen molar-refractivity contribution in [1.82, 2.24) is 14.7 Å². The van der Waals surface area contributed by atoms with Crippen LogP contribution >= 0.6 is 12.4 Å². The van der Waals surface area contributed by atoms with Gasteiger partial charge < -0.3 is 10.1 Å². The Labute approximate surface area is 122 Å². The SMILES string of the molecule is CCCNC(=O)Oc1cnc2cccc(C)n2c1=O.Cl. The molecule has 0 unspecified atom stereocenters. The molecule has 0 aliphatic heterocycles. The highest BCUT2D eigenvalue weighted by molar-refractivity contribution is 5.85. The van der Waals surface area contributed by atoms with Crippen LogP contribution in [0.3, 0.4) is 0 Å². The van der Waals surface area contributed by atoms with Gasteiger partial charge in [-0.25, -0.2) is 9.78 Å². The molecular formula is C13H16ClN3O3. The zero-order valence-corrected chi connectivity index (χ0v) is 12.1. The van der Waals surface area contributed by atoms with Crippen molar-refractivity contribution >= 4 is 24.1 Å². The highest BCUT2D eigenvalue weighted by Gasteiger charge is 2.11. The van der Waals surface area contributed by atoms with E-state index in [4.69, 9.17) is 4.74 Å². The third-order valence-electron chi connectivity index (χ3n) is 2.61. The van der Waals surface area contributed by atoms with Gasteiger partial charge in [0.15, 0.2) is 0 Å². The second-order valence-electron chi connectivity index (χ2n) is 4.10. The van der Waals surface area contributed by atoms with Crippen molar-refractivity contribution in [3.05, 3.63) is 40.4 Å². The summed E-state index contributed by atoms with van der Waals surface area (Å²) in [7, 11) is 0. The van der Waals surface area contributed by atoms with Crippen molar-refractivity contribution in [3.63, 3.8) is 0 Å². The molecule has 0 radical (unpaired) electrons. The molecular weight excluding hydrogens is 282 g/mol. The number of carbonyl (C=O) groups is 1.